The molecule has 1 atom stereocenters. The molecule has 0 aromatic heterocycles. The van der Waals surface area contributed by atoms with Crippen molar-refractivity contribution in [2.24, 2.45) is 5.73 Å². The van der Waals surface area contributed by atoms with Crippen molar-refractivity contribution in [3.05, 3.63) is 0 Å². The second-order valence-electron chi connectivity index (χ2n) is 4.40. The first-order valence-electron chi connectivity index (χ1n) is 5.00. The summed E-state index contributed by atoms with van der Waals surface area (Å²) >= 11 is 0. The molecule has 4 nitrogen and oxygen atoms in total. The summed E-state index contributed by atoms with van der Waals surface area (Å²) in [6.45, 7) is 6.67. The highest BCUT2D eigenvalue weighted by atomic mass is 16.4. The highest BCUT2D eigenvalue weighted by molar-refractivity contribution is 5.77. The molecule has 0 amide bonds. The molecular formula is C10H22N2O2. The lowest BCUT2D eigenvalue weighted by molar-refractivity contribution is -0.142. The van der Waals surface area contributed by atoms with Gasteiger partial charge in [-0.25, -0.2) is 0 Å². The van der Waals surface area contributed by atoms with Crippen LogP contribution >= 0.6 is 0 Å². The van der Waals surface area contributed by atoms with Gasteiger partial charge in [-0.1, -0.05) is 0 Å². The molecule has 0 aliphatic heterocycles. The fraction of sp³-hybridized carbons (Fsp3) is 0.900. The Morgan fingerprint density at radius 3 is 2.43 bits per heavy atom. The molecule has 0 aliphatic carbocycles. The van der Waals surface area contributed by atoms with Crippen molar-refractivity contribution in [3.8, 4) is 0 Å². The van der Waals surface area contributed by atoms with Gasteiger partial charge in [0.2, 0.25) is 0 Å². The molecular weight excluding hydrogens is 180 g/mol. The lowest BCUT2D eigenvalue weighted by Crippen LogP contribution is -2.45. The van der Waals surface area contributed by atoms with Crippen LogP contribution in [0, 0.1) is 0 Å². The molecule has 0 rings (SSSR count). The average Bonchev–Trinajstić information content (AvgIpc) is 2.03. The van der Waals surface area contributed by atoms with Gasteiger partial charge < -0.3 is 15.7 Å². The standard InChI is InChI=1S/C10H22N2O2/c1-8(2)12(4)7-5-6-10(3,11)9(13)14/h8H,5-7,11H2,1-4H3,(H,13,14). The molecule has 4 heteroatoms. The van der Waals surface area contributed by atoms with E-state index in [1.54, 1.807) is 6.92 Å². The third-order valence-electron chi connectivity index (χ3n) is 2.58. The summed E-state index contributed by atoms with van der Waals surface area (Å²) in [6.07, 6.45) is 1.33. The Morgan fingerprint density at radius 2 is 2.07 bits per heavy atom. The van der Waals surface area contributed by atoms with Crippen LogP contribution in [0.1, 0.15) is 33.6 Å². The Hall–Kier alpha value is -0.610. The molecule has 1 unspecified atom stereocenters. The van der Waals surface area contributed by atoms with Crippen LogP contribution in [0.15, 0.2) is 0 Å². The summed E-state index contributed by atoms with van der Waals surface area (Å²) in [5.41, 5.74) is 4.52. The summed E-state index contributed by atoms with van der Waals surface area (Å²) in [5, 5.41) is 8.78. The highest BCUT2D eigenvalue weighted by Crippen LogP contribution is 2.09. The van der Waals surface area contributed by atoms with Crippen LogP contribution in [0.3, 0.4) is 0 Å². The summed E-state index contributed by atoms with van der Waals surface area (Å²) in [5.74, 6) is -0.926. The number of carboxylic acids is 1. The molecule has 0 aromatic rings. The van der Waals surface area contributed by atoms with Gasteiger partial charge in [-0.2, -0.15) is 0 Å². The van der Waals surface area contributed by atoms with Gasteiger partial charge in [0.05, 0.1) is 0 Å². The first kappa shape index (κ1) is 13.4. The molecule has 3 N–H and O–H groups in total. The number of nitrogens with zero attached hydrogens (tertiary/aromatic N) is 1. The molecule has 0 radical (unpaired) electrons. The number of nitrogens with two attached hydrogens (primary N) is 1. The smallest absolute Gasteiger partial charge is 0.323 e. The van der Waals surface area contributed by atoms with Gasteiger partial charge in [-0.3, -0.25) is 4.79 Å². The second kappa shape index (κ2) is 5.32. The number of aliphatic carboxylic acids is 1. The van der Waals surface area contributed by atoms with Crippen molar-refractivity contribution >= 4 is 5.97 Å². The molecule has 0 spiro atoms. The average molecular weight is 202 g/mol. The molecule has 14 heavy (non-hydrogen) atoms. The largest absolute Gasteiger partial charge is 0.480 e. The first-order chi connectivity index (χ1) is 6.27. The van der Waals surface area contributed by atoms with Crippen LogP contribution in [0.5, 0.6) is 0 Å². The molecule has 0 heterocycles. The van der Waals surface area contributed by atoms with E-state index in [1.807, 2.05) is 7.05 Å². The number of hydrogen-bond donors (Lipinski definition) is 2. The van der Waals surface area contributed by atoms with E-state index in [1.165, 1.54) is 0 Å². The van der Waals surface area contributed by atoms with Crippen LogP contribution < -0.4 is 5.73 Å². The first-order valence-corrected chi connectivity index (χ1v) is 5.00. The molecule has 84 valence electrons. The van der Waals surface area contributed by atoms with E-state index >= 15 is 0 Å². The van der Waals surface area contributed by atoms with Crippen LogP contribution in [-0.4, -0.2) is 41.1 Å². The number of hydrogen-bond acceptors (Lipinski definition) is 3. The number of rotatable bonds is 6. The fourth-order valence-corrected chi connectivity index (χ4v) is 1.06. The summed E-state index contributed by atoms with van der Waals surface area (Å²) in [6, 6.07) is 0.490. The zero-order valence-electron chi connectivity index (χ0n) is 9.58. The van der Waals surface area contributed by atoms with Crippen molar-refractivity contribution in [1.29, 1.82) is 0 Å². The van der Waals surface area contributed by atoms with Gasteiger partial charge in [0.1, 0.15) is 5.54 Å². The predicted molar refractivity (Wildman–Crippen MR) is 57.2 cm³/mol. The quantitative estimate of drug-likeness (QED) is 0.672. The molecule has 0 fully saturated rings. The van der Waals surface area contributed by atoms with E-state index in [0.717, 1.165) is 13.0 Å². The van der Waals surface area contributed by atoms with E-state index < -0.39 is 11.5 Å². The SMILES string of the molecule is CC(C)N(C)CCCC(C)(N)C(=O)O. The van der Waals surface area contributed by atoms with Crippen molar-refractivity contribution in [1.82, 2.24) is 4.90 Å². The highest BCUT2D eigenvalue weighted by Gasteiger charge is 2.27. The third kappa shape index (κ3) is 4.58. The predicted octanol–water partition coefficient (Wildman–Crippen LogP) is 0.909. The van der Waals surface area contributed by atoms with E-state index in [4.69, 9.17) is 10.8 Å². The lowest BCUT2D eigenvalue weighted by Gasteiger charge is -2.24. The van der Waals surface area contributed by atoms with E-state index in [2.05, 4.69) is 18.7 Å². The van der Waals surface area contributed by atoms with Gasteiger partial charge in [-0.05, 0) is 47.2 Å². The van der Waals surface area contributed by atoms with Crippen molar-refractivity contribution in [2.75, 3.05) is 13.6 Å². The normalized spacial score (nSPS) is 15.9. The summed E-state index contributed by atoms with van der Waals surface area (Å²) in [7, 11) is 2.03. The molecule has 0 aromatic carbocycles. The van der Waals surface area contributed by atoms with Gasteiger partial charge >= 0.3 is 5.97 Å². The molecule has 0 saturated heterocycles. The Morgan fingerprint density at radius 1 is 1.57 bits per heavy atom. The minimum atomic E-state index is -1.09. The summed E-state index contributed by atoms with van der Waals surface area (Å²) in [4.78, 5) is 12.9. The maximum Gasteiger partial charge on any atom is 0.323 e. The Labute approximate surface area is 86.1 Å². The zero-order valence-corrected chi connectivity index (χ0v) is 9.58. The number of carboxylic acid groups (broad SMARTS) is 1. The molecule has 0 bridgehead atoms. The minimum absolute atomic E-state index is 0.490. The van der Waals surface area contributed by atoms with Crippen molar-refractivity contribution < 1.29 is 9.90 Å². The van der Waals surface area contributed by atoms with E-state index in [9.17, 15) is 4.79 Å². The van der Waals surface area contributed by atoms with Gasteiger partial charge in [0, 0.05) is 6.04 Å². The van der Waals surface area contributed by atoms with Crippen LogP contribution in [0.25, 0.3) is 0 Å². The van der Waals surface area contributed by atoms with Crippen LogP contribution in [-0.2, 0) is 4.79 Å². The van der Waals surface area contributed by atoms with E-state index in [0.29, 0.717) is 12.5 Å². The minimum Gasteiger partial charge on any atom is -0.480 e. The second-order valence-corrected chi connectivity index (χ2v) is 4.40. The monoisotopic (exact) mass is 202 g/mol. The fourth-order valence-electron chi connectivity index (χ4n) is 1.06. The maximum atomic E-state index is 10.7. The van der Waals surface area contributed by atoms with Gasteiger partial charge in [0.15, 0.2) is 0 Å². The third-order valence-corrected chi connectivity index (χ3v) is 2.58. The van der Waals surface area contributed by atoms with E-state index in [-0.39, 0.29) is 0 Å². The van der Waals surface area contributed by atoms with Crippen molar-refractivity contribution in [2.45, 2.75) is 45.2 Å². The lowest BCUT2D eigenvalue weighted by atomic mass is 9.97. The Bertz CT molecular complexity index is 191. The van der Waals surface area contributed by atoms with Crippen molar-refractivity contribution in [3.63, 3.8) is 0 Å². The Balaban J connectivity index is 3.79. The summed E-state index contributed by atoms with van der Waals surface area (Å²) < 4.78 is 0. The van der Waals surface area contributed by atoms with Gasteiger partial charge in [0.25, 0.3) is 0 Å². The zero-order chi connectivity index (χ0) is 11.4. The molecule has 0 saturated carbocycles. The molecule has 0 aliphatic rings. The van der Waals surface area contributed by atoms with Crippen LogP contribution in [0.4, 0.5) is 0 Å². The van der Waals surface area contributed by atoms with Gasteiger partial charge in [-0.15, -0.1) is 0 Å². The maximum absolute atomic E-state index is 10.7. The topological polar surface area (TPSA) is 66.6 Å². The Kier molecular flexibility index (Phi) is 5.08. The van der Waals surface area contributed by atoms with Crippen LogP contribution in [0.2, 0.25) is 0 Å². The number of carbonyl (C=O) groups is 1.